The van der Waals surface area contributed by atoms with Crippen LogP contribution in [-0.4, -0.2) is 19.6 Å². The maximum atomic E-state index is 3.57. The van der Waals surface area contributed by atoms with Crippen LogP contribution in [0.3, 0.4) is 0 Å². The number of nitrogens with one attached hydrogen (secondary N) is 2. The first kappa shape index (κ1) is 12.4. The summed E-state index contributed by atoms with van der Waals surface area (Å²) in [7, 11) is 0. The topological polar surface area (TPSA) is 24.1 Å². The molecule has 0 unspecified atom stereocenters. The Kier molecular flexibility index (Phi) is 4.67. The van der Waals surface area contributed by atoms with E-state index in [0.29, 0.717) is 0 Å². The maximum absolute atomic E-state index is 3.57. The summed E-state index contributed by atoms with van der Waals surface area (Å²) in [5.41, 5.74) is 1.17. The molecular formula is C12H16Br2N2. The van der Waals surface area contributed by atoms with Gasteiger partial charge in [-0.25, -0.2) is 0 Å². The van der Waals surface area contributed by atoms with E-state index in [1.54, 1.807) is 0 Å². The molecule has 0 saturated carbocycles. The van der Waals surface area contributed by atoms with E-state index in [4.69, 9.17) is 0 Å². The molecule has 88 valence electrons. The summed E-state index contributed by atoms with van der Waals surface area (Å²) in [5.74, 6) is 0.792. The lowest BCUT2D eigenvalue weighted by Gasteiger charge is -2.23. The molecule has 2 nitrogen and oxygen atoms in total. The van der Waals surface area contributed by atoms with Gasteiger partial charge in [-0.15, -0.1) is 0 Å². The van der Waals surface area contributed by atoms with E-state index < -0.39 is 0 Å². The van der Waals surface area contributed by atoms with E-state index in [-0.39, 0.29) is 0 Å². The van der Waals surface area contributed by atoms with Crippen molar-refractivity contribution >= 4 is 37.5 Å². The van der Waals surface area contributed by atoms with Crippen molar-refractivity contribution in [1.29, 1.82) is 0 Å². The molecule has 0 amide bonds. The van der Waals surface area contributed by atoms with Gasteiger partial charge in [-0.1, -0.05) is 6.07 Å². The van der Waals surface area contributed by atoms with Crippen molar-refractivity contribution in [3.05, 3.63) is 27.1 Å². The summed E-state index contributed by atoms with van der Waals surface area (Å²) in [6, 6.07) is 6.16. The highest BCUT2D eigenvalue weighted by Crippen LogP contribution is 2.31. The lowest BCUT2D eigenvalue weighted by molar-refractivity contribution is 0.390. The summed E-state index contributed by atoms with van der Waals surface area (Å²) in [5, 5.41) is 6.92. The third-order valence-electron chi connectivity index (χ3n) is 2.99. The first-order valence-corrected chi connectivity index (χ1v) is 7.24. The van der Waals surface area contributed by atoms with Crippen LogP contribution < -0.4 is 10.6 Å². The zero-order valence-electron chi connectivity index (χ0n) is 9.10. The number of hydrogen-bond acceptors (Lipinski definition) is 2. The predicted octanol–water partition coefficient (Wildman–Crippen LogP) is 3.62. The SMILES string of the molecule is Brc1cccc(Br)c1NCC1CCNCC1. The molecule has 0 aromatic heterocycles. The molecule has 0 bridgehead atoms. The largest absolute Gasteiger partial charge is 0.383 e. The minimum Gasteiger partial charge on any atom is -0.383 e. The first-order chi connectivity index (χ1) is 7.77. The van der Waals surface area contributed by atoms with Crippen LogP contribution in [0.15, 0.2) is 27.1 Å². The molecule has 1 aromatic carbocycles. The van der Waals surface area contributed by atoms with Crippen molar-refractivity contribution in [3.63, 3.8) is 0 Å². The number of rotatable bonds is 3. The Hall–Kier alpha value is -0.0600. The standard InChI is InChI=1S/C12H16Br2N2/c13-10-2-1-3-11(14)12(10)16-8-9-4-6-15-7-5-9/h1-3,9,15-16H,4-8H2. The van der Waals surface area contributed by atoms with Gasteiger partial charge >= 0.3 is 0 Å². The van der Waals surface area contributed by atoms with E-state index >= 15 is 0 Å². The molecule has 0 spiro atoms. The molecule has 1 saturated heterocycles. The van der Waals surface area contributed by atoms with Crippen molar-refractivity contribution in [2.24, 2.45) is 5.92 Å². The molecule has 4 heteroatoms. The molecule has 1 aliphatic heterocycles. The fourth-order valence-corrected chi connectivity index (χ4v) is 3.28. The molecule has 1 heterocycles. The van der Waals surface area contributed by atoms with Crippen molar-refractivity contribution in [2.75, 3.05) is 25.0 Å². The van der Waals surface area contributed by atoms with E-state index in [1.807, 2.05) is 6.07 Å². The van der Waals surface area contributed by atoms with Gasteiger partial charge in [0.1, 0.15) is 0 Å². The molecule has 0 atom stereocenters. The molecule has 2 N–H and O–H groups in total. The summed E-state index contributed by atoms with van der Waals surface area (Å²) in [4.78, 5) is 0. The summed E-state index contributed by atoms with van der Waals surface area (Å²) < 4.78 is 2.24. The number of para-hydroxylation sites is 1. The quantitative estimate of drug-likeness (QED) is 0.872. The third kappa shape index (κ3) is 3.22. The lowest BCUT2D eigenvalue weighted by Crippen LogP contribution is -2.31. The van der Waals surface area contributed by atoms with Crippen molar-refractivity contribution < 1.29 is 0 Å². The Bertz CT molecular complexity index is 329. The van der Waals surface area contributed by atoms with Crippen LogP contribution in [0.1, 0.15) is 12.8 Å². The molecular weight excluding hydrogens is 332 g/mol. The van der Waals surface area contributed by atoms with Gasteiger partial charge in [-0.05, 0) is 75.8 Å². The van der Waals surface area contributed by atoms with Gasteiger partial charge in [0.15, 0.2) is 0 Å². The van der Waals surface area contributed by atoms with Crippen LogP contribution in [0.5, 0.6) is 0 Å². The fourth-order valence-electron chi connectivity index (χ4n) is 2.00. The van der Waals surface area contributed by atoms with Gasteiger partial charge in [0.05, 0.1) is 5.69 Å². The second kappa shape index (κ2) is 6.03. The van der Waals surface area contributed by atoms with Crippen LogP contribution in [0.4, 0.5) is 5.69 Å². The minimum atomic E-state index is 0.792. The highest BCUT2D eigenvalue weighted by Gasteiger charge is 2.13. The number of benzene rings is 1. The van der Waals surface area contributed by atoms with Crippen LogP contribution in [0, 0.1) is 5.92 Å². The van der Waals surface area contributed by atoms with Crippen molar-refractivity contribution in [1.82, 2.24) is 5.32 Å². The number of piperidine rings is 1. The normalized spacial score (nSPS) is 17.4. The van der Waals surface area contributed by atoms with Gasteiger partial charge in [-0.3, -0.25) is 0 Å². The van der Waals surface area contributed by atoms with E-state index in [9.17, 15) is 0 Å². The number of halogens is 2. The summed E-state index contributed by atoms with van der Waals surface area (Å²) in [6.45, 7) is 3.37. The van der Waals surface area contributed by atoms with Crippen LogP contribution in [0.25, 0.3) is 0 Å². The molecule has 0 radical (unpaired) electrons. The number of hydrogen-bond donors (Lipinski definition) is 2. The zero-order chi connectivity index (χ0) is 11.4. The summed E-state index contributed by atoms with van der Waals surface area (Å²) in [6.07, 6.45) is 2.55. The molecule has 16 heavy (non-hydrogen) atoms. The fraction of sp³-hybridized carbons (Fsp3) is 0.500. The second-order valence-corrected chi connectivity index (χ2v) is 5.88. The van der Waals surface area contributed by atoms with E-state index in [0.717, 1.165) is 34.5 Å². The van der Waals surface area contributed by atoms with Crippen LogP contribution in [-0.2, 0) is 0 Å². The van der Waals surface area contributed by atoms with Gasteiger partial charge in [0, 0.05) is 15.5 Å². The smallest absolute Gasteiger partial charge is 0.0629 e. The highest BCUT2D eigenvalue weighted by atomic mass is 79.9. The minimum absolute atomic E-state index is 0.792. The zero-order valence-corrected chi connectivity index (χ0v) is 12.3. The van der Waals surface area contributed by atoms with Crippen LogP contribution >= 0.6 is 31.9 Å². The number of anilines is 1. The van der Waals surface area contributed by atoms with Gasteiger partial charge in [0.2, 0.25) is 0 Å². The monoisotopic (exact) mass is 346 g/mol. The first-order valence-electron chi connectivity index (χ1n) is 5.66. The third-order valence-corrected chi connectivity index (χ3v) is 4.31. The Labute approximate surface area is 113 Å². The molecule has 0 aliphatic carbocycles. The van der Waals surface area contributed by atoms with Gasteiger partial charge in [0.25, 0.3) is 0 Å². The Balaban J connectivity index is 1.93. The molecule has 1 fully saturated rings. The average molecular weight is 348 g/mol. The van der Waals surface area contributed by atoms with Crippen molar-refractivity contribution in [3.8, 4) is 0 Å². The maximum Gasteiger partial charge on any atom is 0.0629 e. The summed E-state index contributed by atoms with van der Waals surface area (Å²) >= 11 is 7.13. The predicted molar refractivity (Wildman–Crippen MR) is 75.9 cm³/mol. The second-order valence-electron chi connectivity index (χ2n) is 4.17. The van der Waals surface area contributed by atoms with Gasteiger partial charge < -0.3 is 10.6 Å². The Morgan fingerprint density at radius 2 is 1.81 bits per heavy atom. The highest BCUT2D eigenvalue weighted by molar-refractivity contribution is 9.11. The Morgan fingerprint density at radius 1 is 1.19 bits per heavy atom. The van der Waals surface area contributed by atoms with Crippen molar-refractivity contribution in [2.45, 2.75) is 12.8 Å². The van der Waals surface area contributed by atoms with E-state index in [2.05, 4.69) is 54.6 Å². The van der Waals surface area contributed by atoms with Gasteiger partial charge in [-0.2, -0.15) is 0 Å². The van der Waals surface area contributed by atoms with E-state index in [1.165, 1.54) is 18.5 Å². The molecule has 1 aliphatic rings. The van der Waals surface area contributed by atoms with Crippen LogP contribution in [0.2, 0.25) is 0 Å². The Morgan fingerprint density at radius 3 is 2.44 bits per heavy atom. The molecule has 2 rings (SSSR count). The lowest BCUT2D eigenvalue weighted by atomic mass is 9.98. The average Bonchev–Trinajstić information content (AvgIpc) is 2.30. The molecule has 1 aromatic rings.